The molecule has 94 valence electrons. The second-order valence-electron chi connectivity index (χ2n) is 5.03. The Hall–Kier alpha value is -1.02. The minimum atomic E-state index is -0.356. The summed E-state index contributed by atoms with van der Waals surface area (Å²) in [5, 5.41) is 10.1. The number of aliphatic hydroxyl groups excluding tert-OH is 1. The molecule has 2 heteroatoms. The lowest BCUT2D eigenvalue weighted by molar-refractivity contribution is 0.0605. The molecule has 0 fully saturated rings. The minimum Gasteiger partial charge on any atom is -0.490 e. The summed E-state index contributed by atoms with van der Waals surface area (Å²) in [5.41, 5.74) is 2.13. The van der Waals surface area contributed by atoms with Crippen LogP contribution in [0.15, 0.2) is 18.2 Å². The first-order valence-electron chi connectivity index (χ1n) is 6.66. The van der Waals surface area contributed by atoms with Crippen molar-refractivity contribution in [2.24, 2.45) is 0 Å². The van der Waals surface area contributed by atoms with Gasteiger partial charge in [0.25, 0.3) is 0 Å². The van der Waals surface area contributed by atoms with Crippen LogP contribution in [-0.4, -0.2) is 11.2 Å². The molecule has 0 bridgehead atoms. The first-order valence-corrected chi connectivity index (χ1v) is 6.66. The smallest absolute Gasteiger partial charge is 0.125 e. The third kappa shape index (κ3) is 3.01. The van der Waals surface area contributed by atoms with Gasteiger partial charge in [-0.05, 0) is 31.9 Å². The van der Waals surface area contributed by atoms with Crippen LogP contribution >= 0.6 is 0 Å². The minimum absolute atomic E-state index is 0.187. The van der Waals surface area contributed by atoms with Crippen molar-refractivity contribution < 1.29 is 9.84 Å². The molecule has 1 aromatic carbocycles. The van der Waals surface area contributed by atoms with E-state index in [1.54, 1.807) is 0 Å². The van der Waals surface area contributed by atoms with Gasteiger partial charge < -0.3 is 9.84 Å². The van der Waals surface area contributed by atoms with Crippen LogP contribution in [0.1, 0.15) is 56.3 Å². The number of aryl methyl sites for hydroxylation is 1. The molecule has 0 amide bonds. The molecule has 0 saturated heterocycles. The summed E-state index contributed by atoms with van der Waals surface area (Å²) in [6.07, 6.45) is 5.28. The summed E-state index contributed by atoms with van der Waals surface area (Å²) in [4.78, 5) is 0. The van der Waals surface area contributed by atoms with E-state index in [-0.39, 0.29) is 12.2 Å². The molecular weight excluding hydrogens is 212 g/mol. The zero-order chi connectivity index (χ0) is 12.3. The van der Waals surface area contributed by atoms with Crippen molar-refractivity contribution in [2.75, 3.05) is 0 Å². The maximum atomic E-state index is 10.1. The van der Waals surface area contributed by atoms with Crippen molar-refractivity contribution in [3.63, 3.8) is 0 Å². The largest absolute Gasteiger partial charge is 0.490 e. The molecule has 17 heavy (non-hydrogen) atoms. The van der Waals surface area contributed by atoms with Gasteiger partial charge in [0.2, 0.25) is 0 Å². The third-order valence-corrected chi connectivity index (χ3v) is 3.43. The van der Waals surface area contributed by atoms with Gasteiger partial charge >= 0.3 is 0 Å². The fraction of sp³-hybridized carbons (Fsp3) is 0.600. The molecule has 0 aromatic heterocycles. The number of hydrogen-bond acceptors (Lipinski definition) is 2. The van der Waals surface area contributed by atoms with Crippen LogP contribution in [0, 0.1) is 6.92 Å². The average molecular weight is 234 g/mol. The van der Waals surface area contributed by atoms with Crippen LogP contribution in [0.2, 0.25) is 0 Å². The number of ether oxygens (including phenoxy) is 1. The van der Waals surface area contributed by atoms with Gasteiger partial charge in [0, 0.05) is 12.0 Å². The van der Waals surface area contributed by atoms with Gasteiger partial charge in [-0.15, -0.1) is 0 Å². The molecule has 1 aliphatic heterocycles. The highest BCUT2D eigenvalue weighted by Crippen LogP contribution is 2.36. The molecule has 0 spiro atoms. The molecule has 1 unspecified atom stereocenters. The molecule has 0 aliphatic carbocycles. The van der Waals surface area contributed by atoms with Gasteiger partial charge in [0.15, 0.2) is 0 Å². The van der Waals surface area contributed by atoms with Crippen molar-refractivity contribution in [1.29, 1.82) is 0 Å². The lowest BCUT2D eigenvalue weighted by Gasteiger charge is -2.30. The van der Waals surface area contributed by atoms with Crippen molar-refractivity contribution in [3.05, 3.63) is 29.3 Å². The predicted molar refractivity (Wildman–Crippen MR) is 69.3 cm³/mol. The SMILES string of the molecule is CCCCCC1C[C@@H](O)c2cc(C)ccc2O1. The summed E-state index contributed by atoms with van der Waals surface area (Å²) in [5.74, 6) is 0.871. The molecule has 1 N–H and O–H groups in total. The van der Waals surface area contributed by atoms with Gasteiger partial charge in [0.05, 0.1) is 6.10 Å². The first-order chi connectivity index (χ1) is 8.20. The number of unbranched alkanes of at least 4 members (excludes halogenated alkanes) is 2. The van der Waals surface area contributed by atoms with Crippen LogP contribution < -0.4 is 4.74 Å². The number of aliphatic hydroxyl groups is 1. The van der Waals surface area contributed by atoms with E-state index in [1.165, 1.54) is 24.8 Å². The van der Waals surface area contributed by atoms with Crippen LogP contribution in [0.3, 0.4) is 0 Å². The maximum absolute atomic E-state index is 10.1. The van der Waals surface area contributed by atoms with Crippen LogP contribution in [-0.2, 0) is 0 Å². The Bertz CT molecular complexity index is 373. The fourth-order valence-corrected chi connectivity index (χ4v) is 2.44. The van der Waals surface area contributed by atoms with E-state index in [4.69, 9.17) is 4.74 Å². The van der Waals surface area contributed by atoms with Gasteiger partial charge in [-0.3, -0.25) is 0 Å². The molecule has 2 atom stereocenters. The van der Waals surface area contributed by atoms with Crippen molar-refractivity contribution in [3.8, 4) is 5.75 Å². The number of benzene rings is 1. The zero-order valence-corrected chi connectivity index (χ0v) is 10.8. The van der Waals surface area contributed by atoms with E-state index in [0.29, 0.717) is 0 Å². The Morgan fingerprint density at radius 2 is 2.18 bits per heavy atom. The molecule has 1 heterocycles. The highest BCUT2D eigenvalue weighted by atomic mass is 16.5. The molecule has 1 aliphatic rings. The molecule has 2 nitrogen and oxygen atoms in total. The van der Waals surface area contributed by atoms with Gasteiger partial charge in [-0.1, -0.05) is 31.4 Å². The summed E-state index contributed by atoms with van der Waals surface area (Å²) in [6, 6.07) is 6.06. The summed E-state index contributed by atoms with van der Waals surface area (Å²) in [6.45, 7) is 4.25. The Morgan fingerprint density at radius 3 is 2.94 bits per heavy atom. The normalized spacial score (nSPS) is 23.0. The number of hydrogen-bond donors (Lipinski definition) is 1. The second kappa shape index (κ2) is 5.54. The number of rotatable bonds is 4. The number of fused-ring (bicyclic) bond motifs is 1. The summed E-state index contributed by atoms with van der Waals surface area (Å²) in [7, 11) is 0. The van der Waals surface area contributed by atoms with Gasteiger partial charge in [-0.2, -0.15) is 0 Å². The molecule has 0 saturated carbocycles. The molecular formula is C15H22O2. The first kappa shape index (κ1) is 12.4. The Balaban J connectivity index is 2.03. The zero-order valence-electron chi connectivity index (χ0n) is 10.8. The van der Waals surface area contributed by atoms with E-state index in [9.17, 15) is 5.11 Å². The highest BCUT2D eigenvalue weighted by molar-refractivity contribution is 5.40. The van der Waals surface area contributed by atoms with Crippen LogP contribution in [0.25, 0.3) is 0 Å². The Labute approximate surface area is 104 Å². The second-order valence-corrected chi connectivity index (χ2v) is 5.03. The average Bonchev–Trinajstić information content (AvgIpc) is 2.31. The van der Waals surface area contributed by atoms with Crippen LogP contribution in [0.4, 0.5) is 0 Å². The van der Waals surface area contributed by atoms with Crippen molar-refractivity contribution >= 4 is 0 Å². The standard InChI is InChI=1S/C15H22O2/c1-3-4-5-6-12-10-14(16)13-9-11(2)7-8-15(13)17-12/h7-9,12,14,16H,3-6,10H2,1-2H3/t12?,14-/m1/s1. The van der Waals surface area contributed by atoms with Gasteiger partial charge in [0.1, 0.15) is 11.9 Å². The van der Waals surface area contributed by atoms with E-state index in [0.717, 1.165) is 24.2 Å². The quantitative estimate of drug-likeness (QED) is 0.804. The van der Waals surface area contributed by atoms with Crippen molar-refractivity contribution in [1.82, 2.24) is 0 Å². The summed E-state index contributed by atoms with van der Waals surface area (Å²) >= 11 is 0. The third-order valence-electron chi connectivity index (χ3n) is 3.43. The Morgan fingerprint density at radius 1 is 1.35 bits per heavy atom. The van der Waals surface area contributed by atoms with Crippen molar-refractivity contribution in [2.45, 2.75) is 58.2 Å². The monoisotopic (exact) mass is 234 g/mol. The topological polar surface area (TPSA) is 29.5 Å². The van der Waals surface area contributed by atoms with E-state index in [2.05, 4.69) is 6.92 Å². The summed E-state index contributed by atoms with van der Waals surface area (Å²) < 4.78 is 5.94. The molecule has 0 radical (unpaired) electrons. The van der Waals surface area contributed by atoms with Crippen LogP contribution in [0.5, 0.6) is 5.75 Å². The lowest BCUT2D eigenvalue weighted by Crippen LogP contribution is -2.25. The molecule has 1 aromatic rings. The molecule has 2 rings (SSSR count). The fourth-order valence-electron chi connectivity index (χ4n) is 2.44. The Kier molecular flexibility index (Phi) is 4.06. The van der Waals surface area contributed by atoms with E-state index >= 15 is 0 Å². The lowest BCUT2D eigenvalue weighted by atomic mass is 9.95. The highest BCUT2D eigenvalue weighted by Gasteiger charge is 2.26. The predicted octanol–water partition coefficient (Wildman–Crippen LogP) is 3.76. The van der Waals surface area contributed by atoms with E-state index in [1.807, 2.05) is 25.1 Å². The van der Waals surface area contributed by atoms with E-state index < -0.39 is 0 Å². The maximum Gasteiger partial charge on any atom is 0.125 e. The van der Waals surface area contributed by atoms with Gasteiger partial charge in [-0.25, -0.2) is 0 Å².